The van der Waals surface area contributed by atoms with Crippen LogP contribution in [0.25, 0.3) is 0 Å². The molecule has 2 nitrogen and oxygen atoms in total. The first-order valence-electron chi connectivity index (χ1n) is 9.76. The Kier molecular flexibility index (Phi) is 9.14. The van der Waals surface area contributed by atoms with Crippen LogP contribution in [0.15, 0.2) is 48.5 Å². The Bertz CT molecular complexity index is 609. The number of rotatable bonds is 12. The minimum atomic E-state index is 0.621. The Morgan fingerprint density at radius 2 is 1.60 bits per heavy atom. The van der Waals surface area contributed by atoms with Gasteiger partial charge in [0.2, 0.25) is 0 Å². The molecule has 0 saturated heterocycles. The van der Waals surface area contributed by atoms with Crippen molar-refractivity contribution in [2.24, 2.45) is 0 Å². The van der Waals surface area contributed by atoms with Crippen LogP contribution in [0.2, 0.25) is 0 Å². The van der Waals surface area contributed by atoms with Gasteiger partial charge in [0.25, 0.3) is 0 Å². The molecule has 0 atom stereocenters. The van der Waals surface area contributed by atoms with Gasteiger partial charge in [-0.15, -0.1) is 0 Å². The van der Waals surface area contributed by atoms with Gasteiger partial charge in [-0.1, -0.05) is 81.0 Å². The van der Waals surface area contributed by atoms with Crippen molar-refractivity contribution in [2.45, 2.75) is 65.5 Å². The van der Waals surface area contributed by atoms with Crippen LogP contribution in [0, 0.1) is 6.92 Å². The van der Waals surface area contributed by atoms with Crippen LogP contribution in [0.1, 0.15) is 62.1 Å². The SMILES string of the molecule is CCCCCCCCNCc1cccc(OCc2cccc(C)c2)c1. The van der Waals surface area contributed by atoms with Gasteiger partial charge in [-0.3, -0.25) is 0 Å². The maximum Gasteiger partial charge on any atom is 0.120 e. The van der Waals surface area contributed by atoms with E-state index in [1.807, 2.05) is 6.07 Å². The number of unbranched alkanes of at least 4 members (excludes halogenated alkanes) is 5. The van der Waals surface area contributed by atoms with Gasteiger partial charge in [0.15, 0.2) is 0 Å². The van der Waals surface area contributed by atoms with E-state index in [2.05, 4.69) is 61.6 Å². The second kappa shape index (κ2) is 11.7. The summed E-state index contributed by atoms with van der Waals surface area (Å²) in [5.41, 5.74) is 3.77. The van der Waals surface area contributed by atoms with E-state index in [1.54, 1.807) is 0 Å². The second-order valence-corrected chi connectivity index (χ2v) is 6.87. The zero-order chi connectivity index (χ0) is 17.7. The van der Waals surface area contributed by atoms with E-state index in [4.69, 9.17) is 4.74 Å². The fraction of sp³-hybridized carbons (Fsp3) is 0.478. The average Bonchev–Trinajstić information content (AvgIpc) is 2.63. The highest BCUT2D eigenvalue weighted by atomic mass is 16.5. The summed E-state index contributed by atoms with van der Waals surface area (Å²) < 4.78 is 5.94. The van der Waals surface area contributed by atoms with Crippen LogP contribution in [0.5, 0.6) is 5.75 Å². The second-order valence-electron chi connectivity index (χ2n) is 6.87. The monoisotopic (exact) mass is 339 g/mol. The molecule has 0 bridgehead atoms. The normalized spacial score (nSPS) is 10.8. The molecule has 2 aromatic rings. The standard InChI is InChI=1S/C23H33NO/c1-3-4-5-6-7-8-15-24-18-21-12-10-14-23(17-21)25-19-22-13-9-11-20(2)16-22/h9-14,16-17,24H,3-8,15,18-19H2,1-2H3. The van der Waals surface area contributed by atoms with Crippen LogP contribution in [0.4, 0.5) is 0 Å². The molecule has 0 fully saturated rings. The van der Waals surface area contributed by atoms with E-state index in [0.717, 1.165) is 18.8 Å². The zero-order valence-electron chi connectivity index (χ0n) is 15.9. The molecule has 0 aromatic heterocycles. The molecular weight excluding hydrogens is 306 g/mol. The van der Waals surface area contributed by atoms with Crippen LogP contribution < -0.4 is 10.1 Å². The number of ether oxygens (including phenoxy) is 1. The highest BCUT2D eigenvalue weighted by Gasteiger charge is 1.99. The third-order valence-corrected chi connectivity index (χ3v) is 4.42. The van der Waals surface area contributed by atoms with Crippen molar-refractivity contribution in [3.05, 3.63) is 65.2 Å². The molecular formula is C23H33NO. The summed E-state index contributed by atoms with van der Waals surface area (Å²) in [6.45, 7) is 7.01. The van der Waals surface area contributed by atoms with E-state index in [0.29, 0.717) is 6.61 Å². The Labute approximate surface area is 153 Å². The molecule has 2 rings (SSSR count). The Balaban J connectivity index is 1.66. The lowest BCUT2D eigenvalue weighted by molar-refractivity contribution is 0.306. The van der Waals surface area contributed by atoms with E-state index >= 15 is 0 Å². The van der Waals surface area contributed by atoms with Crippen molar-refractivity contribution in [3.63, 3.8) is 0 Å². The molecule has 136 valence electrons. The van der Waals surface area contributed by atoms with Crippen molar-refractivity contribution in [1.29, 1.82) is 0 Å². The summed E-state index contributed by atoms with van der Waals surface area (Å²) in [6.07, 6.45) is 8.07. The first-order chi connectivity index (χ1) is 12.3. The minimum Gasteiger partial charge on any atom is -0.489 e. The largest absolute Gasteiger partial charge is 0.489 e. The molecule has 0 unspecified atom stereocenters. The van der Waals surface area contributed by atoms with E-state index in [-0.39, 0.29) is 0 Å². The van der Waals surface area contributed by atoms with Gasteiger partial charge in [-0.2, -0.15) is 0 Å². The molecule has 0 radical (unpaired) electrons. The van der Waals surface area contributed by atoms with Gasteiger partial charge in [0.1, 0.15) is 12.4 Å². The lowest BCUT2D eigenvalue weighted by Crippen LogP contribution is -2.14. The molecule has 25 heavy (non-hydrogen) atoms. The van der Waals surface area contributed by atoms with Crippen molar-refractivity contribution >= 4 is 0 Å². The van der Waals surface area contributed by atoms with E-state index in [9.17, 15) is 0 Å². The highest BCUT2D eigenvalue weighted by Crippen LogP contribution is 2.16. The van der Waals surface area contributed by atoms with Gasteiger partial charge < -0.3 is 10.1 Å². The lowest BCUT2D eigenvalue weighted by atomic mass is 10.1. The van der Waals surface area contributed by atoms with Crippen LogP contribution in [-0.2, 0) is 13.2 Å². The molecule has 1 N–H and O–H groups in total. The van der Waals surface area contributed by atoms with Crippen molar-refractivity contribution < 1.29 is 4.74 Å². The van der Waals surface area contributed by atoms with E-state index in [1.165, 1.54) is 55.2 Å². The van der Waals surface area contributed by atoms with Crippen LogP contribution >= 0.6 is 0 Å². The molecule has 0 saturated carbocycles. The van der Waals surface area contributed by atoms with E-state index < -0.39 is 0 Å². The summed E-state index contributed by atoms with van der Waals surface area (Å²) in [7, 11) is 0. The summed E-state index contributed by atoms with van der Waals surface area (Å²) in [6, 6.07) is 16.9. The number of benzene rings is 2. The maximum absolute atomic E-state index is 5.94. The van der Waals surface area contributed by atoms with Crippen molar-refractivity contribution in [3.8, 4) is 5.75 Å². The number of hydrogen-bond acceptors (Lipinski definition) is 2. The lowest BCUT2D eigenvalue weighted by Gasteiger charge is -2.09. The molecule has 0 heterocycles. The molecule has 2 aromatic carbocycles. The quantitative estimate of drug-likeness (QED) is 0.477. The summed E-state index contributed by atoms with van der Waals surface area (Å²) in [5, 5.41) is 3.55. The van der Waals surface area contributed by atoms with Gasteiger partial charge in [0, 0.05) is 6.54 Å². The van der Waals surface area contributed by atoms with Crippen LogP contribution in [0.3, 0.4) is 0 Å². The minimum absolute atomic E-state index is 0.621. The summed E-state index contributed by atoms with van der Waals surface area (Å²) >= 11 is 0. The Morgan fingerprint density at radius 1 is 0.840 bits per heavy atom. The Morgan fingerprint density at radius 3 is 2.44 bits per heavy atom. The number of nitrogens with one attached hydrogen (secondary N) is 1. The molecule has 0 aliphatic heterocycles. The average molecular weight is 340 g/mol. The summed E-state index contributed by atoms with van der Waals surface area (Å²) in [5.74, 6) is 0.945. The molecule has 0 aliphatic carbocycles. The molecule has 0 aliphatic rings. The third kappa shape index (κ3) is 8.22. The van der Waals surface area contributed by atoms with Gasteiger partial charge in [-0.05, 0) is 43.1 Å². The van der Waals surface area contributed by atoms with Gasteiger partial charge in [0.05, 0.1) is 0 Å². The predicted octanol–water partition coefficient (Wildman–Crippen LogP) is 6.02. The number of hydrogen-bond donors (Lipinski definition) is 1. The Hall–Kier alpha value is -1.80. The smallest absolute Gasteiger partial charge is 0.120 e. The highest BCUT2D eigenvalue weighted by molar-refractivity contribution is 5.29. The number of aryl methyl sites for hydroxylation is 1. The zero-order valence-corrected chi connectivity index (χ0v) is 15.9. The fourth-order valence-electron chi connectivity index (χ4n) is 2.98. The van der Waals surface area contributed by atoms with Gasteiger partial charge >= 0.3 is 0 Å². The first-order valence-corrected chi connectivity index (χ1v) is 9.76. The maximum atomic E-state index is 5.94. The third-order valence-electron chi connectivity index (χ3n) is 4.42. The summed E-state index contributed by atoms with van der Waals surface area (Å²) in [4.78, 5) is 0. The van der Waals surface area contributed by atoms with Gasteiger partial charge in [-0.25, -0.2) is 0 Å². The molecule has 2 heteroatoms. The van der Waals surface area contributed by atoms with Crippen molar-refractivity contribution in [2.75, 3.05) is 6.54 Å². The predicted molar refractivity (Wildman–Crippen MR) is 107 cm³/mol. The fourth-order valence-corrected chi connectivity index (χ4v) is 2.98. The topological polar surface area (TPSA) is 21.3 Å². The van der Waals surface area contributed by atoms with Crippen molar-refractivity contribution in [1.82, 2.24) is 5.32 Å². The van der Waals surface area contributed by atoms with Crippen LogP contribution in [-0.4, -0.2) is 6.54 Å². The molecule has 0 spiro atoms. The first kappa shape index (κ1) is 19.5. The molecule has 0 amide bonds.